The van der Waals surface area contributed by atoms with Crippen molar-refractivity contribution >= 4 is 30.9 Å². The van der Waals surface area contributed by atoms with Crippen molar-refractivity contribution in [2.24, 2.45) is 0 Å². The van der Waals surface area contributed by atoms with Gasteiger partial charge in [0, 0.05) is 39.6 Å². The maximum Gasteiger partial charge on any atom is 0.347 e. The molecule has 1 heterocycles. The van der Waals surface area contributed by atoms with Crippen LogP contribution in [-0.2, 0) is 37.0 Å². The Bertz CT molecular complexity index is 841. The van der Waals surface area contributed by atoms with Gasteiger partial charge in [-0.3, -0.25) is 4.79 Å². The van der Waals surface area contributed by atoms with Crippen LogP contribution in [0.25, 0.3) is 10.9 Å². The maximum absolute atomic E-state index is 11.9. The van der Waals surface area contributed by atoms with Crippen LogP contribution in [0, 0.1) is 6.92 Å². The number of fused-ring (bicyclic) bond motifs is 1. The van der Waals surface area contributed by atoms with E-state index in [2.05, 4.69) is 24.7 Å². The van der Waals surface area contributed by atoms with E-state index in [0.29, 0.717) is 6.73 Å². The summed E-state index contributed by atoms with van der Waals surface area (Å²) in [6.07, 6.45) is 1.22. The molecule has 0 unspecified atom stereocenters. The molecule has 0 radical (unpaired) electrons. The number of esters is 2. The third-order valence-corrected chi connectivity index (χ3v) is 6.02. The summed E-state index contributed by atoms with van der Waals surface area (Å²) < 4.78 is 17.4. The van der Waals surface area contributed by atoms with E-state index < -0.39 is 26.1 Å². The van der Waals surface area contributed by atoms with Gasteiger partial charge in [0.05, 0.1) is 12.6 Å². The number of hydrogen-bond donors (Lipinski definition) is 0. The second-order valence-corrected chi connectivity index (χ2v) is 13.8. The SMILES string of the molecule is COC(=O)[C@@H](Cc1cc(C)c2nn(COCC[Si](C)(C)C)cc2c1)OC(C)=O. The number of aromatic nitrogens is 2. The first kappa shape index (κ1) is 22.1. The summed E-state index contributed by atoms with van der Waals surface area (Å²) in [5.41, 5.74) is 2.75. The van der Waals surface area contributed by atoms with Gasteiger partial charge >= 0.3 is 11.9 Å². The van der Waals surface area contributed by atoms with Crippen molar-refractivity contribution in [3.8, 4) is 0 Å². The average Bonchev–Trinajstić information content (AvgIpc) is 2.99. The zero-order valence-corrected chi connectivity index (χ0v) is 18.6. The van der Waals surface area contributed by atoms with E-state index in [0.717, 1.165) is 34.7 Å². The highest BCUT2D eigenvalue weighted by atomic mass is 28.3. The Balaban J connectivity index is 2.12. The van der Waals surface area contributed by atoms with Gasteiger partial charge in [0.25, 0.3) is 0 Å². The molecule has 0 N–H and O–H groups in total. The number of benzene rings is 1. The molecule has 0 saturated carbocycles. The molecule has 0 amide bonds. The number of carbonyl (C=O) groups excluding carboxylic acids is 2. The number of aryl methyl sites for hydroxylation is 1. The molecule has 0 aliphatic carbocycles. The van der Waals surface area contributed by atoms with E-state index in [-0.39, 0.29) is 6.42 Å². The highest BCUT2D eigenvalue weighted by Gasteiger charge is 2.23. The van der Waals surface area contributed by atoms with Crippen molar-refractivity contribution in [3.05, 3.63) is 29.5 Å². The monoisotopic (exact) mass is 406 g/mol. The minimum absolute atomic E-state index is 0.251. The highest BCUT2D eigenvalue weighted by molar-refractivity contribution is 6.76. The second kappa shape index (κ2) is 9.34. The number of methoxy groups -OCH3 is 1. The average molecular weight is 407 g/mol. The Hall–Kier alpha value is -2.19. The molecule has 1 aromatic heterocycles. The van der Waals surface area contributed by atoms with Crippen LogP contribution in [0.15, 0.2) is 18.3 Å². The fourth-order valence-corrected chi connectivity index (χ4v) is 3.63. The third kappa shape index (κ3) is 6.45. The molecule has 2 aromatic rings. The summed E-state index contributed by atoms with van der Waals surface area (Å²) >= 11 is 0. The largest absolute Gasteiger partial charge is 0.466 e. The van der Waals surface area contributed by atoms with E-state index >= 15 is 0 Å². The molecule has 2 rings (SSSR count). The van der Waals surface area contributed by atoms with Gasteiger partial charge in [-0.15, -0.1) is 0 Å². The van der Waals surface area contributed by atoms with E-state index in [1.807, 2.05) is 25.3 Å². The summed E-state index contributed by atoms with van der Waals surface area (Å²) in [5.74, 6) is -1.09. The molecular formula is C20H30N2O5Si. The lowest BCUT2D eigenvalue weighted by molar-refractivity contribution is -0.164. The second-order valence-electron chi connectivity index (χ2n) is 8.19. The lowest BCUT2D eigenvalue weighted by atomic mass is 10.0. The number of hydrogen-bond acceptors (Lipinski definition) is 6. The van der Waals surface area contributed by atoms with Crippen LogP contribution >= 0.6 is 0 Å². The first-order valence-corrected chi connectivity index (χ1v) is 13.1. The predicted molar refractivity (Wildman–Crippen MR) is 110 cm³/mol. The molecule has 0 aliphatic rings. The summed E-state index contributed by atoms with van der Waals surface area (Å²) in [7, 11) is 0.165. The summed E-state index contributed by atoms with van der Waals surface area (Å²) in [6, 6.07) is 5.01. The van der Waals surface area contributed by atoms with E-state index in [9.17, 15) is 9.59 Å². The molecule has 0 saturated heterocycles. The fourth-order valence-electron chi connectivity index (χ4n) is 2.88. The summed E-state index contributed by atoms with van der Waals surface area (Å²) in [5, 5.41) is 5.55. The lowest BCUT2D eigenvalue weighted by Crippen LogP contribution is -2.29. The summed E-state index contributed by atoms with van der Waals surface area (Å²) in [6.45, 7) is 11.3. The Kier molecular flexibility index (Phi) is 7.37. The first-order valence-electron chi connectivity index (χ1n) is 9.38. The standard InChI is InChI=1S/C20H30N2O5Si/c1-14-9-16(11-18(20(24)25-3)27-15(2)23)10-17-12-22(21-19(14)17)13-26-7-8-28(4,5)6/h9-10,12,18H,7-8,11,13H2,1-6H3/t18-/m1/s1. The van der Waals surface area contributed by atoms with Crippen molar-refractivity contribution in [2.75, 3.05) is 13.7 Å². The molecule has 154 valence electrons. The Morgan fingerprint density at radius 1 is 1.25 bits per heavy atom. The molecule has 28 heavy (non-hydrogen) atoms. The number of carbonyl (C=O) groups is 2. The number of rotatable bonds is 9. The Morgan fingerprint density at radius 3 is 2.57 bits per heavy atom. The molecule has 1 atom stereocenters. The molecule has 0 aliphatic heterocycles. The van der Waals surface area contributed by atoms with Crippen LogP contribution in [0.3, 0.4) is 0 Å². The normalized spacial score (nSPS) is 12.8. The molecule has 8 heteroatoms. The Labute approximate surface area is 167 Å². The zero-order chi connectivity index (χ0) is 20.9. The fraction of sp³-hybridized carbons (Fsp3) is 0.550. The van der Waals surface area contributed by atoms with Crippen molar-refractivity contribution in [1.29, 1.82) is 0 Å². The molecule has 0 spiro atoms. The third-order valence-electron chi connectivity index (χ3n) is 4.32. The van der Waals surface area contributed by atoms with Gasteiger partial charge < -0.3 is 14.2 Å². The lowest BCUT2D eigenvalue weighted by Gasteiger charge is -2.15. The van der Waals surface area contributed by atoms with Gasteiger partial charge in [0.1, 0.15) is 6.73 Å². The summed E-state index contributed by atoms with van der Waals surface area (Å²) in [4.78, 5) is 23.2. The van der Waals surface area contributed by atoms with Crippen molar-refractivity contribution in [3.63, 3.8) is 0 Å². The van der Waals surface area contributed by atoms with E-state index in [4.69, 9.17) is 14.2 Å². The van der Waals surface area contributed by atoms with Gasteiger partial charge in [0.15, 0.2) is 0 Å². The van der Waals surface area contributed by atoms with Crippen molar-refractivity contribution in [1.82, 2.24) is 9.78 Å². The number of ether oxygens (including phenoxy) is 3. The van der Waals surface area contributed by atoms with Crippen LogP contribution in [0.1, 0.15) is 18.1 Å². The minimum atomic E-state index is -1.11. The minimum Gasteiger partial charge on any atom is -0.466 e. The van der Waals surface area contributed by atoms with E-state index in [1.54, 1.807) is 4.68 Å². The van der Waals surface area contributed by atoms with Crippen LogP contribution in [0.4, 0.5) is 0 Å². The van der Waals surface area contributed by atoms with Gasteiger partial charge in [-0.05, 0) is 30.2 Å². The van der Waals surface area contributed by atoms with Gasteiger partial charge in [-0.1, -0.05) is 25.7 Å². The van der Waals surface area contributed by atoms with Crippen LogP contribution in [0.5, 0.6) is 0 Å². The van der Waals surface area contributed by atoms with Crippen LogP contribution in [0.2, 0.25) is 25.7 Å². The smallest absolute Gasteiger partial charge is 0.347 e. The molecule has 0 bridgehead atoms. The van der Waals surface area contributed by atoms with Crippen LogP contribution < -0.4 is 0 Å². The molecule has 1 aromatic carbocycles. The number of nitrogens with zero attached hydrogens (tertiary/aromatic N) is 2. The predicted octanol–water partition coefficient (Wildman–Crippen LogP) is 3.30. The highest BCUT2D eigenvalue weighted by Crippen LogP contribution is 2.21. The first-order chi connectivity index (χ1) is 13.1. The van der Waals surface area contributed by atoms with E-state index in [1.165, 1.54) is 14.0 Å². The zero-order valence-electron chi connectivity index (χ0n) is 17.6. The maximum atomic E-state index is 11.9. The Morgan fingerprint density at radius 2 is 1.96 bits per heavy atom. The van der Waals surface area contributed by atoms with Crippen molar-refractivity contribution in [2.45, 2.75) is 58.8 Å². The van der Waals surface area contributed by atoms with Gasteiger partial charge in [0.2, 0.25) is 6.10 Å². The van der Waals surface area contributed by atoms with Crippen molar-refractivity contribution < 1.29 is 23.8 Å². The van der Waals surface area contributed by atoms with Gasteiger partial charge in [-0.25, -0.2) is 9.48 Å². The molecule has 7 nitrogen and oxygen atoms in total. The molecular weight excluding hydrogens is 376 g/mol. The molecule has 0 fully saturated rings. The van der Waals surface area contributed by atoms with Crippen LogP contribution in [-0.4, -0.2) is 49.6 Å². The van der Waals surface area contributed by atoms with Gasteiger partial charge in [-0.2, -0.15) is 5.10 Å². The quantitative estimate of drug-likeness (QED) is 0.361. The topological polar surface area (TPSA) is 79.7 Å².